The molecule has 0 aliphatic carbocycles. The molecular weight excluding hydrogens is 606 g/mol. The molecule has 0 bridgehead atoms. The summed E-state index contributed by atoms with van der Waals surface area (Å²) in [6.45, 7) is 14.0. The maximum Gasteiger partial charge on any atom is 0.417 e. The van der Waals surface area contributed by atoms with Crippen LogP contribution in [0.3, 0.4) is 0 Å². The summed E-state index contributed by atoms with van der Waals surface area (Å²) in [6.07, 6.45) is -1.27. The van der Waals surface area contributed by atoms with Gasteiger partial charge in [-0.05, 0) is 60.7 Å². The van der Waals surface area contributed by atoms with Crippen molar-refractivity contribution in [1.82, 2.24) is 19.9 Å². The molecule has 3 aromatic rings. The SMILES string of the molecule is CC1CN(c2cc(F)c(-c3cnc(N4CC(C)(C)OC(C)(C)C4)nc3)cc2NC(=O)c2c[nH]c(=O)cc2C(F)(F)F)CC(C)N1C. The van der Waals surface area contributed by atoms with E-state index < -0.39 is 45.8 Å². The van der Waals surface area contributed by atoms with E-state index in [0.29, 0.717) is 49.4 Å². The first-order valence-electron chi connectivity index (χ1n) is 15.0. The van der Waals surface area contributed by atoms with Gasteiger partial charge in [-0.2, -0.15) is 13.2 Å². The third-order valence-electron chi connectivity index (χ3n) is 8.44. The predicted molar refractivity (Wildman–Crippen MR) is 168 cm³/mol. The van der Waals surface area contributed by atoms with Gasteiger partial charge in [-0.1, -0.05) is 0 Å². The predicted octanol–water partition coefficient (Wildman–Crippen LogP) is 5.16. The fourth-order valence-electron chi connectivity index (χ4n) is 6.38. The van der Waals surface area contributed by atoms with E-state index in [4.69, 9.17) is 4.74 Å². The number of alkyl halides is 3. The van der Waals surface area contributed by atoms with Crippen LogP contribution in [0.4, 0.5) is 34.9 Å². The number of carbonyl (C=O) groups is 1. The summed E-state index contributed by atoms with van der Waals surface area (Å²) in [4.78, 5) is 42.3. The third-order valence-corrected chi connectivity index (χ3v) is 8.44. The Balaban J connectivity index is 1.54. The molecule has 5 rings (SSSR count). The number of anilines is 3. The first-order chi connectivity index (χ1) is 21.3. The number of ether oxygens (including phenoxy) is 1. The molecule has 2 fully saturated rings. The van der Waals surface area contributed by atoms with Gasteiger partial charge < -0.3 is 24.8 Å². The fourth-order valence-corrected chi connectivity index (χ4v) is 6.38. The van der Waals surface area contributed by atoms with Crippen molar-refractivity contribution in [2.75, 3.05) is 48.3 Å². The normalized spacial score (nSPS) is 21.7. The maximum absolute atomic E-state index is 15.9. The second-order valence-corrected chi connectivity index (χ2v) is 13.4. The standard InChI is InChI=1S/C32H39F4N7O3/c1-18-14-42(15-19(2)41(18)7)26-10-24(33)21(8-25(26)40-28(45)22-13-37-27(44)9-23(22)32(34,35)36)20-11-38-29(39-12-20)43-16-30(3,4)46-31(5,6)17-43/h8-13,18-19H,14-17H2,1-7H3,(H,37,44)(H,40,45). The Labute approximate surface area is 264 Å². The number of amides is 1. The van der Waals surface area contributed by atoms with E-state index in [1.165, 1.54) is 24.5 Å². The van der Waals surface area contributed by atoms with Gasteiger partial charge in [0.15, 0.2) is 0 Å². The van der Waals surface area contributed by atoms with E-state index >= 15 is 4.39 Å². The van der Waals surface area contributed by atoms with Crippen molar-refractivity contribution in [3.8, 4) is 11.1 Å². The number of hydrogen-bond donors (Lipinski definition) is 2. The van der Waals surface area contributed by atoms with E-state index in [0.717, 1.165) is 6.20 Å². The maximum atomic E-state index is 15.9. The van der Waals surface area contributed by atoms with E-state index in [1.54, 1.807) is 0 Å². The third kappa shape index (κ3) is 7.02. The number of aromatic nitrogens is 3. The van der Waals surface area contributed by atoms with Gasteiger partial charge in [0.25, 0.3) is 5.91 Å². The summed E-state index contributed by atoms with van der Waals surface area (Å²) < 4.78 is 63.4. The van der Waals surface area contributed by atoms with Crippen LogP contribution in [-0.4, -0.2) is 82.3 Å². The van der Waals surface area contributed by atoms with Gasteiger partial charge in [0.2, 0.25) is 11.5 Å². The number of rotatable bonds is 5. The van der Waals surface area contributed by atoms with Crippen LogP contribution in [0.25, 0.3) is 11.1 Å². The van der Waals surface area contributed by atoms with E-state index in [2.05, 4.69) is 25.2 Å². The Morgan fingerprint density at radius 1 is 1.00 bits per heavy atom. The zero-order valence-corrected chi connectivity index (χ0v) is 26.9. The largest absolute Gasteiger partial charge is 0.417 e. The number of piperazine rings is 1. The second kappa shape index (κ2) is 12.0. The van der Waals surface area contributed by atoms with Crippen molar-refractivity contribution in [3.63, 3.8) is 0 Å². The Hall–Kier alpha value is -4.04. The first kappa shape index (κ1) is 33.3. The topological polar surface area (TPSA) is 107 Å². The molecule has 4 heterocycles. The van der Waals surface area contributed by atoms with Crippen LogP contribution in [0.1, 0.15) is 57.5 Å². The highest BCUT2D eigenvalue weighted by molar-refractivity contribution is 6.07. The van der Waals surface area contributed by atoms with Gasteiger partial charge in [-0.25, -0.2) is 14.4 Å². The minimum Gasteiger partial charge on any atom is -0.367 e. The number of benzene rings is 1. The van der Waals surface area contributed by atoms with E-state index in [-0.39, 0.29) is 23.3 Å². The average molecular weight is 646 g/mol. The van der Waals surface area contributed by atoms with Crippen LogP contribution in [0.2, 0.25) is 0 Å². The second-order valence-electron chi connectivity index (χ2n) is 13.4. The lowest BCUT2D eigenvalue weighted by Gasteiger charge is -2.47. The molecule has 10 nitrogen and oxygen atoms in total. The zero-order valence-electron chi connectivity index (χ0n) is 26.9. The molecule has 2 aromatic heterocycles. The number of likely N-dealkylation sites (N-methyl/N-ethyl adjacent to an activating group) is 1. The lowest BCUT2D eigenvalue weighted by molar-refractivity contribution is -0.138. The Kier molecular flexibility index (Phi) is 8.66. The van der Waals surface area contributed by atoms with Crippen molar-refractivity contribution in [3.05, 3.63) is 64.1 Å². The summed E-state index contributed by atoms with van der Waals surface area (Å²) in [6, 6.07) is 3.14. The van der Waals surface area contributed by atoms with Crippen molar-refractivity contribution in [2.24, 2.45) is 0 Å². The molecule has 1 aromatic carbocycles. The van der Waals surface area contributed by atoms with E-state index in [1.807, 2.05) is 58.4 Å². The van der Waals surface area contributed by atoms with Gasteiger partial charge in [0, 0.05) is 74.0 Å². The molecule has 2 saturated heterocycles. The number of carbonyl (C=O) groups excluding carboxylic acids is 1. The minimum absolute atomic E-state index is 0.0565. The summed E-state index contributed by atoms with van der Waals surface area (Å²) >= 11 is 0. The molecule has 46 heavy (non-hydrogen) atoms. The van der Waals surface area contributed by atoms with Crippen LogP contribution >= 0.6 is 0 Å². The zero-order chi connectivity index (χ0) is 33.8. The Morgan fingerprint density at radius 3 is 2.15 bits per heavy atom. The highest BCUT2D eigenvalue weighted by Gasteiger charge is 2.39. The van der Waals surface area contributed by atoms with Crippen molar-refractivity contribution in [2.45, 2.75) is 71.0 Å². The Morgan fingerprint density at radius 2 is 1.59 bits per heavy atom. The number of nitrogens with one attached hydrogen (secondary N) is 2. The van der Waals surface area contributed by atoms with E-state index in [9.17, 15) is 22.8 Å². The number of hydrogen-bond acceptors (Lipinski definition) is 8. The lowest BCUT2D eigenvalue weighted by atomic mass is 9.99. The lowest BCUT2D eigenvalue weighted by Crippen LogP contribution is -2.57. The molecular formula is C32H39F4N7O3. The highest BCUT2D eigenvalue weighted by atomic mass is 19.4. The molecule has 2 unspecified atom stereocenters. The van der Waals surface area contributed by atoms with Crippen LogP contribution in [0, 0.1) is 5.82 Å². The van der Waals surface area contributed by atoms with Crippen molar-refractivity contribution < 1.29 is 27.1 Å². The molecule has 248 valence electrons. The van der Waals surface area contributed by atoms with Gasteiger partial charge in [0.1, 0.15) is 5.82 Å². The number of pyridine rings is 1. The number of aromatic amines is 1. The molecule has 2 aliphatic rings. The number of halogens is 4. The molecule has 2 N–H and O–H groups in total. The molecule has 1 amide bonds. The molecule has 14 heteroatoms. The molecule has 2 aliphatic heterocycles. The quantitative estimate of drug-likeness (QED) is 0.367. The number of H-pyrrole nitrogens is 1. The highest BCUT2D eigenvalue weighted by Crippen LogP contribution is 2.38. The summed E-state index contributed by atoms with van der Waals surface area (Å²) in [7, 11) is 1.98. The summed E-state index contributed by atoms with van der Waals surface area (Å²) in [5.74, 6) is -1.28. The van der Waals surface area contributed by atoms with Crippen LogP contribution in [-0.2, 0) is 10.9 Å². The molecule has 0 radical (unpaired) electrons. The Bertz CT molecular complexity index is 1650. The number of nitrogens with zero attached hydrogens (tertiary/aromatic N) is 5. The fraction of sp³-hybridized carbons (Fsp3) is 0.500. The van der Waals surface area contributed by atoms with Gasteiger partial charge >= 0.3 is 6.18 Å². The monoisotopic (exact) mass is 645 g/mol. The van der Waals surface area contributed by atoms with Crippen molar-refractivity contribution >= 4 is 23.2 Å². The molecule has 0 saturated carbocycles. The van der Waals surface area contributed by atoms with Gasteiger partial charge in [-0.15, -0.1) is 0 Å². The van der Waals surface area contributed by atoms with Gasteiger partial charge in [-0.3, -0.25) is 14.5 Å². The number of morpholine rings is 1. The van der Waals surface area contributed by atoms with Crippen LogP contribution < -0.4 is 20.7 Å². The van der Waals surface area contributed by atoms with Gasteiger partial charge in [0.05, 0.1) is 33.7 Å². The molecule has 2 atom stereocenters. The average Bonchev–Trinajstić information content (AvgIpc) is 2.94. The summed E-state index contributed by atoms with van der Waals surface area (Å²) in [5, 5.41) is 2.57. The van der Waals surface area contributed by atoms with Crippen molar-refractivity contribution in [1.29, 1.82) is 0 Å². The smallest absolute Gasteiger partial charge is 0.367 e. The van der Waals surface area contributed by atoms with Crippen LogP contribution in [0.5, 0.6) is 0 Å². The summed E-state index contributed by atoms with van der Waals surface area (Å²) in [5.41, 5.74) is -3.26. The molecule has 0 spiro atoms. The minimum atomic E-state index is -4.95. The first-order valence-corrected chi connectivity index (χ1v) is 15.0. The van der Waals surface area contributed by atoms with Crippen LogP contribution in [0.15, 0.2) is 41.6 Å².